The second-order valence-electron chi connectivity index (χ2n) is 13.7. The predicted molar refractivity (Wildman–Crippen MR) is 195 cm³/mol. The van der Waals surface area contributed by atoms with Gasteiger partial charge >= 0.3 is 0 Å². The Bertz CT molecular complexity index is 2360. The van der Waals surface area contributed by atoms with E-state index >= 15 is 0 Å². The largest absolute Gasteiger partial charge is 0.346 e. The lowest BCUT2D eigenvalue weighted by molar-refractivity contribution is -0.122. The molecular formula is C35H38ClF2N7O5S2. The topological polar surface area (TPSA) is 158 Å². The first kappa shape index (κ1) is 37.4. The molecule has 1 amide bonds. The fourth-order valence-electron chi connectivity index (χ4n) is 6.35. The molecule has 2 N–H and O–H groups in total. The van der Waals surface area contributed by atoms with E-state index in [4.69, 9.17) is 16.6 Å². The number of halogens is 3. The summed E-state index contributed by atoms with van der Waals surface area (Å²) in [5.74, 6) is -2.03. The van der Waals surface area contributed by atoms with Gasteiger partial charge in [-0.3, -0.25) is 23.9 Å². The number of rotatable bonds is 14. The second kappa shape index (κ2) is 14.2. The third-order valence-corrected chi connectivity index (χ3v) is 13.1. The number of sulfonamides is 1. The van der Waals surface area contributed by atoms with Gasteiger partial charge in [-0.05, 0) is 81.8 Å². The molecule has 1 fully saturated rings. The number of nitrogens with one attached hydrogen (secondary N) is 2. The van der Waals surface area contributed by atoms with Crippen molar-refractivity contribution in [3.63, 3.8) is 0 Å². The van der Waals surface area contributed by atoms with E-state index in [0.29, 0.717) is 46.3 Å². The molecule has 276 valence electrons. The maximum atomic E-state index is 14.5. The molecular weight excluding hydrogens is 736 g/mol. The minimum atomic E-state index is -3.74. The molecule has 1 saturated carbocycles. The number of aryl methyl sites for hydroxylation is 2. The minimum absolute atomic E-state index is 0.0106. The van der Waals surface area contributed by atoms with Crippen molar-refractivity contribution in [3.8, 4) is 11.1 Å². The summed E-state index contributed by atoms with van der Waals surface area (Å²) in [4.78, 5) is 18.5. The van der Waals surface area contributed by atoms with E-state index in [0.717, 1.165) is 12.3 Å². The molecule has 3 aromatic heterocycles. The first-order chi connectivity index (χ1) is 24.4. The van der Waals surface area contributed by atoms with Crippen molar-refractivity contribution in [3.05, 3.63) is 94.5 Å². The van der Waals surface area contributed by atoms with E-state index in [1.807, 2.05) is 0 Å². The number of aromatic nitrogens is 5. The van der Waals surface area contributed by atoms with Crippen molar-refractivity contribution in [1.29, 1.82) is 0 Å². The highest BCUT2D eigenvalue weighted by atomic mass is 35.5. The average Bonchev–Trinajstić information content (AvgIpc) is 3.71. The maximum absolute atomic E-state index is 14.5. The number of hydrogen-bond donors (Lipinski definition) is 2. The van der Waals surface area contributed by atoms with Gasteiger partial charge in [0.1, 0.15) is 18.2 Å². The summed E-state index contributed by atoms with van der Waals surface area (Å²) < 4.78 is 84.2. The molecule has 2 aromatic carbocycles. The number of anilines is 1. The number of sulfone groups is 1. The molecule has 0 bridgehead atoms. The molecule has 0 unspecified atom stereocenters. The minimum Gasteiger partial charge on any atom is -0.346 e. The Morgan fingerprint density at radius 3 is 2.38 bits per heavy atom. The number of hydrogen-bond acceptors (Lipinski definition) is 8. The van der Waals surface area contributed by atoms with Crippen LogP contribution in [-0.4, -0.2) is 63.5 Å². The van der Waals surface area contributed by atoms with Crippen molar-refractivity contribution in [2.45, 2.75) is 68.5 Å². The zero-order chi connectivity index (χ0) is 37.6. The van der Waals surface area contributed by atoms with Crippen LogP contribution in [0.25, 0.3) is 22.0 Å². The molecule has 0 aliphatic heterocycles. The summed E-state index contributed by atoms with van der Waals surface area (Å²) >= 11 is 6.62. The molecule has 12 nitrogen and oxygen atoms in total. The van der Waals surface area contributed by atoms with Crippen LogP contribution in [0, 0.1) is 11.6 Å². The Balaban J connectivity index is 1.51. The van der Waals surface area contributed by atoms with Crippen LogP contribution in [0.1, 0.15) is 56.1 Å². The Kier molecular flexibility index (Phi) is 10.2. The lowest BCUT2D eigenvalue weighted by Crippen LogP contribution is -2.35. The SMILES string of the molecule is Cn1nc(NS(C)(=O)=O)c2c(Cl)ccc(-c3ccc(CCC(C)(C)S(=O)(=O)C4CC4)nc3[C@H](Cc3cc(F)cc(F)c3)NC(=O)Cn3cccn3)c21. The Hall–Kier alpha value is -4.41. The van der Waals surface area contributed by atoms with Crippen LogP contribution in [0.4, 0.5) is 14.6 Å². The summed E-state index contributed by atoms with van der Waals surface area (Å²) in [5.41, 5.74) is 2.57. The van der Waals surface area contributed by atoms with E-state index in [-0.39, 0.29) is 47.5 Å². The molecule has 5 aromatic rings. The van der Waals surface area contributed by atoms with E-state index in [1.165, 1.54) is 27.7 Å². The number of fused-ring (bicyclic) bond motifs is 1. The van der Waals surface area contributed by atoms with Crippen molar-refractivity contribution >= 4 is 54.1 Å². The van der Waals surface area contributed by atoms with Crippen molar-refractivity contribution in [2.24, 2.45) is 7.05 Å². The van der Waals surface area contributed by atoms with Crippen molar-refractivity contribution < 1.29 is 30.4 Å². The Morgan fingerprint density at radius 2 is 1.75 bits per heavy atom. The zero-order valence-corrected chi connectivity index (χ0v) is 31.3. The highest BCUT2D eigenvalue weighted by Crippen LogP contribution is 2.41. The van der Waals surface area contributed by atoms with Gasteiger partial charge in [0.2, 0.25) is 15.9 Å². The fraction of sp³-hybridized carbons (Fsp3) is 0.371. The van der Waals surface area contributed by atoms with Gasteiger partial charge < -0.3 is 5.32 Å². The highest BCUT2D eigenvalue weighted by Gasteiger charge is 2.45. The number of pyridine rings is 1. The van der Waals surface area contributed by atoms with Crippen LogP contribution < -0.4 is 10.0 Å². The van der Waals surface area contributed by atoms with Crippen molar-refractivity contribution in [1.82, 2.24) is 29.9 Å². The summed E-state index contributed by atoms with van der Waals surface area (Å²) in [5, 5.41) is 11.7. The number of benzene rings is 2. The summed E-state index contributed by atoms with van der Waals surface area (Å²) in [7, 11) is -5.50. The number of carbonyl (C=O) groups is 1. The van der Waals surface area contributed by atoms with E-state index < -0.39 is 48.2 Å². The maximum Gasteiger partial charge on any atom is 0.242 e. The Morgan fingerprint density at radius 1 is 1.06 bits per heavy atom. The molecule has 52 heavy (non-hydrogen) atoms. The third kappa shape index (κ3) is 8.13. The van der Waals surface area contributed by atoms with Crippen LogP contribution in [0.3, 0.4) is 0 Å². The van der Waals surface area contributed by atoms with Crippen LogP contribution >= 0.6 is 11.6 Å². The highest BCUT2D eigenvalue weighted by molar-refractivity contribution is 7.93. The van der Waals surface area contributed by atoms with Crippen LogP contribution in [-0.2, 0) is 51.1 Å². The van der Waals surface area contributed by atoms with Gasteiger partial charge in [-0.25, -0.2) is 25.6 Å². The van der Waals surface area contributed by atoms with Crippen LogP contribution in [0.5, 0.6) is 0 Å². The summed E-state index contributed by atoms with van der Waals surface area (Å²) in [6.07, 6.45) is 5.91. The zero-order valence-electron chi connectivity index (χ0n) is 28.9. The smallest absolute Gasteiger partial charge is 0.242 e. The molecule has 0 radical (unpaired) electrons. The second-order valence-corrected chi connectivity index (χ2v) is 18.7. The molecule has 17 heteroatoms. The normalized spacial score (nSPS) is 14.4. The molecule has 3 heterocycles. The van der Waals surface area contributed by atoms with E-state index in [1.54, 1.807) is 57.4 Å². The molecule has 0 spiro atoms. The third-order valence-electron chi connectivity index (χ3n) is 9.10. The first-order valence-corrected chi connectivity index (χ1v) is 20.3. The molecule has 1 aliphatic rings. The number of nitrogens with zero attached hydrogens (tertiary/aromatic N) is 5. The lowest BCUT2D eigenvalue weighted by atomic mass is 9.93. The predicted octanol–water partition coefficient (Wildman–Crippen LogP) is 5.52. The molecule has 6 rings (SSSR count). The summed E-state index contributed by atoms with van der Waals surface area (Å²) in [6, 6.07) is 10.7. The van der Waals surface area contributed by atoms with E-state index in [9.17, 15) is 30.4 Å². The summed E-state index contributed by atoms with van der Waals surface area (Å²) in [6.45, 7) is 3.26. The fourth-order valence-corrected chi connectivity index (χ4v) is 9.14. The standard InChI is InChI=1S/C35H38ClF2N7O5S2/c1-35(2,52(49,50)25-7-8-25)13-12-24-6-9-26(27-10-11-28(36)31-33(27)44(3)42-34(31)43-51(4,47)48)32(40-24)29(18-21-16-22(37)19-23(38)17-21)41-30(46)20-45-15-5-14-39-45/h5-6,9-11,14-17,19,25,29H,7-8,12-13,18,20H2,1-4H3,(H,41,46)(H,42,43)/t29-/m0/s1. The van der Waals surface area contributed by atoms with E-state index in [2.05, 4.69) is 20.2 Å². The van der Waals surface area contributed by atoms with Gasteiger partial charge in [0, 0.05) is 42.3 Å². The number of carbonyl (C=O) groups excluding carboxylic acids is 1. The van der Waals surface area contributed by atoms with Gasteiger partial charge in [0.05, 0.1) is 43.9 Å². The van der Waals surface area contributed by atoms with Crippen LogP contribution in [0.2, 0.25) is 5.02 Å². The number of amides is 1. The molecule has 0 saturated heterocycles. The Labute approximate surface area is 305 Å². The van der Waals surface area contributed by atoms with Gasteiger partial charge in [0.25, 0.3) is 0 Å². The lowest BCUT2D eigenvalue weighted by Gasteiger charge is -2.26. The monoisotopic (exact) mass is 773 g/mol. The van der Waals surface area contributed by atoms with Gasteiger partial charge in [-0.1, -0.05) is 23.7 Å². The van der Waals surface area contributed by atoms with Gasteiger partial charge in [-0.15, -0.1) is 0 Å². The molecule has 1 aliphatic carbocycles. The van der Waals surface area contributed by atoms with Crippen LogP contribution in [0.15, 0.2) is 60.9 Å². The average molecular weight is 774 g/mol. The molecule has 1 atom stereocenters. The van der Waals surface area contributed by atoms with Gasteiger partial charge in [-0.2, -0.15) is 10.2 Å². The van der Waals surface area contributed by atoms with Crippen molar-refractivity contribution in [2.75, 3.05) is 11.0 Å². The first-order valence-electron chi connectivity index (χ1n) is 16.5. The quantitative estimate of drug-likeness (QED) is 0.149. The van der Waals surface area contributed by atoms with Gasteiger partial charge in [0.15, 0.2) is 15.7 Å².